The summed E-state index contributed by atoms with van der Waals surface area (Å²) in [5, 5.41) is 0. The molecule has 2 saturated carbocycles. The molecule has 98 valence electrons. The second kappa shape index (κ2) is 6.02. The van der Waals surface area contributed by atoms with Crippen LogP contribution in [0.3, 0.4) is 0 Å². The number of hydrogen-bond acceptors (Lipinski definition) is 1. The van der Waals surface area contributed by atoms with E-state index < -0.39 is 0 Å². The minimum atomic E-state index is 0.106. The van der Waals surface area contributed by atoms with Gasteiger partial charge in [-0.25, -0.2) is 0 Å². The smallest absolute Gasteiger partial charge is 0.142 e. The first-order chi connectivity index (χ1) is 8.28. The van der Waals surface area contributed by atoms with Crippen LogP contribution >= 0.6 is 0 Å². The van der Waals surface area contributed by atoms with Gasteiger partial charge < -0.3 is 0 Å². The van der Waals surface area contributed by atoms with Crippen molar-refractivity contribution >= 4 is 5.78 Å². The van der Waals surface area contributed by atoms with Crippen molar-refractivity contribution in [1.82, 2.24) is 0 Å². The maximum Gasteiger partial charge on any atom is 0.142 e. The molecule has 0 saturated heterocycles. The minimum absolute atomic E-state index is 0.106. The molecule has 0 aromatic heterocycles. The molecule has 2 aliphatic carbocycles. The summed E-state index contributed by atoms with van der Waals surface area (Å²) in [4.78, 5) is 12.9. The Morgan fingerprint density at radius 1 is 1.00 bits per heavy atom. The lowest BCUT2D eigenvalue weighted by Crippen LogP contribution is -2.38. The first-order valence-electron chi connectivity index (χ1n) is 7.83. The molecule has 0 atom stereocenters. The van der Waals surface area contributed by atoms with Crippen molar-refractivity contribution in [2.24, 2.45) is 11.3 Å². The van der Waals surface area contributed by atoms with Gasteiger partial charge in [-0.3, -0.25) is 4.79 Å². The highest BCUT2D eigenvalue weighted by atomic mass is 16.1. The van der Waals surface area contributed by atoms with Gasteiger partial charge in [-0.15, -0.1) is 0 Å². The van der Waals surface area contributed by atoms with Crippen molar-refractivity contribution in [3.05, 3.63) is 0 Å². The Kier molecular flexibility index (Phi) is 4.64. The number of rotatable bonds is 4. The summed E-state index contributed by atoms with van der Waals surface area (Å²) in [6.07, 6.45) is 14.9. The highest BCUT2D eigenvalue weighted by Gasteiger charge is 2.41. The van der Waals surface area contributed by atoms with E-state index in [1.54, 1.807) is 0 Å². The third-order valence-corrected chi connectivity index (χ3v) is 5.04. The van der Waals surface area contributed by atoms with Crippen molar-refractivity contribution in [2.45, 2.75) is 84.0 Å². The number of carbonyl (C=O) groups excluding carboxylic acids is 1. The van der Waals surface area contributed by atoms with Crippen LogP contribution in [0.5, 0.6) is 0 Å². The first-order valence-corrected chi connectivity index (χ1v) is 7.83. The second-order valence-electron chi connectivity index (χ2n) is 6.29. The highest BCUT2D eigenvalue weighted by molar-refractivity contribution is 5.87. The number of carbonyl (C=O) groups is 1. The van der Waals surface area contributed by atoms with Crippen LogP contribution in [0, 0.1) is 11.3 Å². The van der Waals surface area contributed by atoms with E-state index in [4.69, 9.17) is 0 Å². The summed E-state index contributed by atoms with van der Waals surface area (Å²) in [7, 11) is 0. The average Bonchev–Trinajstić information content (AvgIpc) is 2.40. The second-order valence-corrected chi connectivity index (χ2v) is 6.29. The molecule has 2 rings (SSSR count). The van der Waals surface area contributed by atoms with Crippen LogP contribution in [-0.4, -0.2) is 5.78 Å². The van der Waals surface area contributed by atoms with Gasteiger partial charge in [0.05, 0.1) is 0 Å². The molecule has 0 aromatic rings. The Balaban J connectivity index is 2.05. The third kappa shape index (κ3) is 2.92. The molecule has 2 fully saturated rings. The van der Waals surface area contributed by atoms with Crippen LogP contribution < -0.4 is 0 Å². The van der Waals surface area contributed by atoms with E-state index in [1.165, 1.54) is 70.6 Å². The molecule has 2 aliphatic rings. The van der Waals surface area contributed by atoms with Crippen LogP contribution in [0.2, 0.25) is 0 Å². The molecule has 0 radical (unpaired) electrons. The van der Waals surface area contributed by atoms with Crippen LogP contribution in [0.15, 0.2) is 0 Å². The molecular formula is C16H28O. The van der Waals surface area contributed by atoms with Crippen molar-refractivity contribution in [1.29, 1.82) is 0 Å². The SMILES string of the molecule is CCCC1(C(=O)C2CCCCC2)CCCCC1. The van der Waals surface area contributed by atoms with Crippen LogP contribution in [0.1, 0.15) is 84.0 Å². The molecule has 0 spiro atoms. The summed E-state index contributed by atoms with van der Waals surface area (Å²) >= 11 is 0. The fourth-order valence-corrected chi connectivity index (χ4v) is 4.12. The summed E-state index contributed by atoms with van der Waals surface area (Å²) in [5.41, 5.74) is 0.106. The maximum absolute atomic E-state index is 12.9. The van der Waals surface area contributed by atoms with Crippen molar-refractivity contribution in [2.75, 3.05) is 0 Å². The van der Waals surface area contributed by atoms with E-state index in [0.29, 0.717) is 11.7 Å². The Hall–Kier alpha value is -0.330. The lowest BCUT2D eigenvalue weighted by Gasteiger charge is -2.39. The summed E-state index contributed by atoms with van der Waals surface area (Å²) in [6.45, 7) is 2.24. The van der Waals surface area contributed by atoms with Gasteiger partial charge in [-0.1, -0.05) is 51.9 Å². The van der Waals surface area contributed by atoms with Gasteiger partial charge in [0, 0.05) is 11.3 Å². The quantitative estimate of drug-likeness (QED) is 0.679. The minimum Gasteiger partial charge on any atom is -0.299 e. The van der Waals surface area contributed by atoms with Gasteiger partial charge in [0.15, 0.2) is 0 Å². The van der Waals surface area contributed by atoms with Gasteiger partial charge in [-0.05, 0) is 32.1 Å². The zero-order chi connectivity index (χ0) is 12.1. The van der Waals surface area contributed by atoms with Crippen LogP contribution in [0.25, 0.3) is 0 Å². The summed E-state index contributed by atoms with van der Waals surface area (Å²) in [6, 6.07) is 0. The van der Waals surface area contributed by atoms with E-state index in [2.05, 4.69) is 6.92 Å². The van der Waals surface area contributed by atoms with E-state index >= 15 is 0 Å². The van der Waals surface area contributed by atoms with E-state index in [1.807, 2.05) is 0 Å². The molecule has 0 aromatic carbocycles. The van der Waals surface area contributed by atoms with Gasteiger partial charge in [0.1, 0.15) is 5.78 Å². The van der Waals surface area contributed by atoms with Gasteiger partial charge in [0.2, 0.25) is 0 Å². The predicted octanol–water partition coefficient (Wildman–Crippen LogP) is 4.89. The molecule has 0 heterocycles. The monoisotopic (exact) mass is 236 g/mol. The van der Waals surface area contributed by atoms with Crippen molar-refractivity contribution in [3.63, 3.8) is 0 Å². The number of hydrogen-bond donors (Lipinski definition) is 0. The first kappa shape index (κ1) is 13.1. The zero-order valence-corrected chi connectivity index (χ0v) is 11.5. The Labute approximate surface area is 106 Å². The van der Waals surface area contributed by atoms with Crippen LogP contribution in [-0.2, 0) is 4.79 Å². The molecule has 0 N–H and O–H groups in total. The Bertz CT molecular complexity index is 239. The van der Waals surface area contributed by atoms with Gasteiger partial charge >= 0.3 is 0 Å². The fraction of sp³-hybridized carbons (Fsp3) is 0.938. The molecule has 17 heavy (non-hydrogen) atoms. The zero-order valence-electron chi connectivity index (χ0n) is 11.5. The lowest BCUT2D eigenvalue weighted by atomic mass is 9.64. The van der Waals surface area contributed by atoms with E-state index in [-0.39, 0.29) is 5.41 Å². The van der Waals surface area contributed by atoms with Crippen LogP contribution in [0.4, 0.5) is 0 Å². The average molecular weight is 236 g/mol. The maximum atomic E-state index is 12.9. The molecule has 0 bridgehead atoms. The number of Topliss-reactive ketones (excluding diaryl/α,β-unsaturated/α-hetero) is 1. The van der Waals surface area contributed by atoms with E-state index in [0.717, 1.165) is 6.42 Å². The normalized spacial score (nSPS) is 25.7. The summed E-state index contributed by atoms with van der Waals surface area (Å²) in [5.74, 6) is 1.09. The Morgan fingerprint density at radius 3 is 2.18 bits per heavy atom. The fourth-order valence-electron chi connectivity index (χ4n) is 4.12. The molecule has 0 amide bonds. The Morgan fingerprint density at radius 2 is 1.59 bits per heavy atom. The largest absolute Gasteiger partial charge is 0.299 e. The molecule has 1 nitrogen and oxygen atoms in total. The molecule has 0 unspecified atom stereocenters. The standard InChI is InChI=1S/C16H28O/c1-2-11-16(12-7-4-8-13-16)15(17)14-9-5-3-6-10-14/h14H,2-13H2,1H3. The number of ketones is 1. The summed E-state index contributed by atoms with van der Waals surface area (Å²) < 4.78 is 0. The van der Waals surface area contributed by atoms with Gasteiger partial charge in [0.25, 0.3) is 0 Å². The molecule has 1 heteroatoms. The topological polar surface area (TPSA) is 17.1 Å². The van der Waals surface area contributed by atoms with Crippen molar-refractivity contribution in [3.8, 4) is 0 Å². The predicted molar refractivity (Wildman–Crippen MR) is 72.0 cm³/mol. The third-order valence-electron chi connectivity index (χ3n) is 5.04. The highest BCUT2D eigenvalue weighted by Crippen LogP contribution is 2.44. The van der Waals surface area contributed by atoms with Gasteiger partial charge in [-0.2, -0.15) is 0 Å². The lowest BCUT2D eigenvalue weighted by molar-refractivity contribution is -0.136. The molecule has 0 aliphatic heterocycles. The van der Waals surface area contributed by atoms with E-state index in [9.17, 15) is 4.79 Å². The van der Waals surface area contributed by atoms with Crippen molar-refractivity contribution < 1.29 is 4.79 Å². The molecular weight excluding hydrogens is 208 g/mol.